The van der Waals surface area contributed by atoms with E-state index in [0.717, 1.165) is 28.3 Å². The summed E-state index contributed by atoms with van der Waals surface area (Å²) in [5.74, 6) is -0.360. The molecule has 0 radical (unpaired) electrons. The Labute approximate surface area is 330 Å². The maximum Gasteiger partial charge on any atom is 0.488 e. The summed E-state index contributed by atoms with van der Waals surface area (Å²) in [6, 6.07) is 29.1. The average molecular weight is 773 g/mol. The lowest BCUT2D eigenvalue weighted by Gasteiger charge is -2.14. The number of hydrogen-bond donors (Lipinski definition) is 2. The summed E-state index contributed by atoms with van der Waals surface area (Å²) in [4.78, 5) is 49.6. The molecule has 5 rings (SSSR count). The molecule has 0 amide bonds. The van der Waals surface area contributed by atoms with Gasteiger partial charge in [0, 0.05) is 6.08 Å². The van der Waals surface area contributed by atoms with Crippen LogP contribution in [0.1, 0.15) is 66.2 Å². The first-order valence-electron chi connectivity index (χ1n) is 18.0. The zero-order valence-electron chi connectivity index (χ0n) is 31.5. The monoisotopic (exact) mass is 772 g/mol. The van der Waals surface area contributed by atoms with Gasteiger partial charge in [0.2, 0.25) is 0 Å². The van der Waals surface area contributed by atoms with Gasteiger partial charge in [-0.1, -0.05) is 36.9 Å². The Bertz CT molecular complexity index is 2160. The van der Waals surface area contributed by atoms with Gasteiger partial charge in [0.1, 0.15) is 36.2 Å². The van der Waals surface area contributed by atoms with Gasteiger partial charge in [0.05, 0.1) is 29.9 Å². The van der Waals surface area contributed by atoms with Gasteiger partial charge < -0.3 is 38.5 Å². The van der Waals surface area contributed by atoms with Gasteiger partial charge >= 0.3 is 31.0 Å². The van der Waals surface area contributed by atoms with Gasteiger partial charge in [0.15, 0.2) is 0 Å². The van der Waals surface area contributed by atoms with Crippen molar-refractivity contribution in [3.05, 3.63) is 161 Å². The first kappa shape index (κ1) is 41.5. The first-order chi connectivity index (χ1) is 27.5. The maximum atomic E-state index is 12.9. The maximum absolute atomic E-state index is 12.9. The van der Waals surface area contributed by atoms with E-state index < -0.39 is 31.0 Å². The summed E-state index contributed by atoms with van der Waals surface area (Å²) in [6.07, 6.45) is 2.45. The third kappa shape index (κ3) is 12.1. The third-order valence-electron chi connectivity index (χ3n) is 8.79. The fourth-order valence-corrected chi connectivity index (χ4v) is 5.28. The molecule has 13 heteroatoms. The summed E-state index contributed by atoms with van der Waals surface area (Å²) in [5.41, 5.74) is 4.36. The van der Waals surface area contributed by atoms with Gasteiger partial charge in [-0.05, 0) is 133 Å². The minimum Gasteiger partial charge on any atom is -0.494 e. The molecular weight excluding hydrogens is 731 g/mol. The molecule has 0 atom stereocenters. The highest BCUT2D eigenvalue weighted by molar-refractivity contribution is 6.58. The predicted octanol–water partition coefficient (Wildman–Crippen LogP) is 6.25. The molecule has 0 saturated carbocycles. The van der Waals surface area contributed by atoms with Crippen LogP contribution in [-0.2, 0) is 27.5 Å². The van der Waals surface area contributed by atoms with E-state index in [1.54, 1.807) is 84.9 Å². The summed E-state index contributed by atoms with van der Waals surface area (Å²) >= 11 is 0. The van der Waals surface area contributed by atoms with Crippen LogP contribution >= 0.6 is 0 Å². The second-order valence-corrected chi connectivity index (χ2v) is 12.7. The molecule has 0 fully saturated rings. The van der Waals surface area contributed by atoms with Crippen LogP contribution in [0.25, 0.3) is 0 Å². The highest BCUT2D eigenvalue weighted by Crippen LogP contribution is 2.27. The van der Waals surface area contributed by atoms with Gasteiger partial charge in [-0.3, -0.25) is 0 Å². The molecule has 12 nitrogen and oxygen atoms in total. The Morgan fingerprint density at radius 3 is 1.75 bits per heavy atom. The van der Waals surface area contributed by atoms with E-state index in [1.165, 1.54) is 24.3 Å². The predicted molar refractivity (Wildman–Crippen MR) is 211 cm³/mol. The van der Waals surface area contributed by atoms with Crippen molar-refractivity contribution in [2.75, 3.05) is 13.2 Å². The minimum atomic E-state index is -1.55. The highest BCUT2D eigenvalue weighted by atomic mass is 16.5. The molecule has 0 spiro atoms. The molecule has 0 bridgehead atoms. The molecule has 292 valence electrons. The summed E-state index contributed by atoms with van der Waals surface area (Å²) < 4.78 is 33.0. The molecule has 5 aromatic rings. The molecule has 0 aliphatic heterocycles. The number of rotatable bonds is 18. The number of benzene rings is 5. The highest BCUT2D eigenvalue weighted by Gasteiger charge is 2.16. The standard InChI is InChI=1S/C44H41BO12/c1-4-41(46)53-26-6-5-25-52-37-18-11-34(12-19-37)44(49)57-40-24-15-35(29(2)30(40)3)28-55-42(47)32-13-20-39(21-14-32)56-43(48)33-9-7-31(8-10-33)27-54-38-22-16-36(17-23-38)45(50)51/h4,7-24,50-51H,1,5-6,25-28H2,2-3H3. The van der Waals surface area contributed by atoms with Crippen molar-refractivity contribution in [2.45, 2.75) is 39.9 Å². The van der Waals surface area contributed by atoms with Crippen LogP contribution in [0.3, 0.4) is 0 Å². The largest absolute Gasteiger partial charge is 0.494 e. The van der Waals surface area contributed by atoms with Crippen molar-refractivity contribution in [3.63, 3.8) is 0 Å². The lowest BCUT2D eigenvalue weighted by Crippen LogP contribution is -2.29. The second-order valence-electron chi connectivity index (χ2n) is 12.7. The minimum absolute atomic E-state index is 0.0148. The van der Waals surface area contributed by atoms with Gasteiger partial charge in [-0.25, -0.2) is 19.2 Å². The van der Waals surface area contributed by atoms with E-state index in [2.05, 4.69) is 6.58 Å². The van der Waals surface area contributed by atoms with Crippen molar-refractivity contribution in [1.29, 1.82) is 0 Å². The second kappa shape index (κ2) is 20.3. The molecule has 0 aliphatic carbocycles. The lowest BCUT2D eigenvalue weighted by molar-refractivity contribution is -0.137. The number of carbonyl (C=O) groups is 4. The zero-order valence-corrected chi connectivity index (χ0v) is 31.5. The van der Waals surface area contributed by atoms with E-state index in [0.29, 0.717) is 59.9 Å². The van der Waals surface area contributed by atoms with Crippen molar-refractivity contribution >= 4 is 36.5 Å². The molecule has 5 aromatic carbocycles. The quantitative estimate of drug-likeness (QED) is 0.0339. The molecule has 0 aliphatic rings. The normalized spacial score (nSPS) is 10.5. The first-order valence-corrected chi connectivity index (χ1v) is 18.0. The molecule has 0 heterocycles. The van der Waals surface area contributed by atoms with Crippen molar-refractivity contribution < 1.29 is 57.6 Å². The molecular formula is C44H41BO12. The number of carbonyl (C=O) groups excluding carboxylic acids is 4. The fourth-order valence-electron chi connectivity index (χ4n) is 5.28. The Morgan fingerprint density at radius 2 is 1.12 bits per heavy atom. The van der Waals surface area contributed by atoms with Crippen molar-refractivity contribution in [1.82, 2.24) is 0 Å². The summed E-state index contributed by atoms with van der Waals surface area (Å²) in [6.45, 7) is 7.96. The Morgan fingerprint density at radius 1 is 0.579 bits per heavy atom. The van der Waals surface area contributed by atoms with E-state index in [-0.39, 0.29) is 24.5 Å². The number of unbranched alkanes of at least 4 members (excludes halogenated alkanes) is 1. The van der Waals surface area contributed by atoms with Crippen LogP contribution in [0.4, 0.5) is 0 Å². The van der Waals surface area contributed by atoms with E-state index in [4.69, 9.17) is 28.4 Å². The van der Waals surface area contributed by atoms with E-state index >= 15 is 0 Å². The SMILES string of the molecule is C=CC(=O)OCCCCOc1ccc(C(=O)Oc2ccc(COC(=O)c3ccc(OC(=O)c4ccc(COc5ccc(B(O)O)cc5)cc4)cc3)c(C)c2C)cc1. The number of hydrogen-bond acceptors (Lipinski definition) is 12. The van der Waals surface area contributed by atoms with Crippen LogP contribution in [0, 0.1) is 13.8 Å². The fraction of sp³-hybridized carbons (Fsp3) is 0.182. The Hall–Kier alpha value is -6.70. The average Bonchev–Trinajstić information content (AvgIpc) is 3.23. The molecule has 2 N–H and O–H groups in total. The van der Waals surface area contributed by atoms with Crippen molar-refractivity contribution in [3.8, 4) is 23.0 Å². The van der Waals surface area contributed by atoms with E-state index in [9.17, 15) is 29.2 Å². The Kier molecular flexibility index (Phi) is 14.8. The molecule has 0 unspecified atom stereocenters. The third-order valence-corrected chi connectivity index (χ3v) is 8.79. The van der Waals surface area contributed by atoms with Crippen LogP contribution in [-0.4, -0.2) is 54.3 Å². The van der Waals surface area contributed by atoms with Gasteiger partial charge in [-0.15, -0.1) is 0 Å². The van der Waals surface area contributed by atoms with Gasteiger partial charge in [0.25, 0.3) is 0 Å². The van der Waals surface area contributed by atoms with Gasteiger partial charge in [-0.2, -0.15) is 0 Å². The summed E-state index contributed by atoms with van der Waals surface area (Å²) in [7, 11) is -1.55. The van der Waals surface area contributed by atoms with Crippen LogP contribution in [0.15, 0.2) is 122 Å². The Balaban J connectivity index is 1.05. The topological polar surface area (TPSA) is 164 Å². The van der Waals surface area contributed by atoms with Crippen LogP contribution in [0.2, 0.25) is 0 Å². The zero-order chi connectivity index (χ0) is 40.7. The molecule has 0 saturated heterocycles. The van der Waals surface area contributed by atoms with Crippen LogP contribution in [0.5, 0.6) is 23.0 Å². The summed E-state index contributed by atoms with van der Waals surface area (Å²) in [5, 5.41) is 18.4. The van der Waals surface area contributed by atoms with Crippen LogP contribution < -0.4 is 24.4 Å². The van der Waals surface area contributed by atoms with E-state index in [1.807, 2.05) is 13.8 Å². The smallest absolute Gasteiger partial charge is 0.488 e. The molecule has 57 heavy (non-hydrogen) atoms. The number of esters is 4. The van der Waals surface area contributed by atoms with Crippen molar-refractivity contribution in [2.24, 2.45) is 0 Å². The number of ether oxygens (including phenoxy) is 6. The molecule has 0 aromatic heterocycles. The lowest BCUT2D eigenvalue weighted by atomic mass is 9.80.